The van der Waals surface area contributed by atoms with Gasteiger partial charge in [0.2, 0.25) is 20.2 Å². The Kier molecular flexibility index (Phi) is 9.22. The normalized spacial score (nSPS) is 24.8. The number of rotatable bonds is 8. The summed E-state index contributed by atoms with van der Waals surface area (Å²) in [5.74, 6) is -0.550. The highest BCUT2D eigenvalue weighted by Crippen LogP contribution is 2.61. The van der Waals surface area contributed by atoms with Crippen LogP contribution in [0.25, 0.3) is 0 Å². The van der Waals surface area contributed by atoms with E-state index in [-0.39, 0.29) is 37.3 Å². The number of nitrogens with zero attached hydrogens (tertiary/aromatic N) is 3. The number of carbonyl (C=O) groups excluding carboxylic acids is 3. The lowest BCUT2D eigenvalue weighted by molar-refractivity contribution is -0.151. The summed E-state index contributed by atoms with van der Waals surface area (Å²) >= 11 is 0. The van der Waals surface area contributed by atoms with Crippen LogP contribution in [-0.2, 0) is 50.7 Å². The number of benzene rings is 4. The third-order valence-corrected chi connectivity index (χ3v) is 14.5. The molecule has 54 heavy (non-hydrogen) atoms. The number of methoxy groups -OCH3 is 1. The molecular formula is C43H46FN3O6Si. The molecule has 0 unspecified atom stereocenters. The summed E-state index contributed by atoms with van der Waals surface area (Å²) in [6.45, 7) is 5.50. The van der Waals surface area contributed by atoms with E-state index in [1.807, 2.05) is 91.9 Å². The van der Waals surface area contributed by atoms with Gasteiger partial charge in [-0.1, -0.05) is 61.5 Å². The largest absolute Gasteiger partial charge is 0.497 e. The van der Waals surface area contributed by atoms with Gasteiger partial charge in [-0.15, -0.1) is 0 Å². The van der Waals surface area contributed by atoms with Gasteiger partial charge in [-0.05, 0) is 84.6 Å². The van der Waals surface area contributed by atoms with Crippen molar-refractivity contribution in [1.82, 2.24) is 4.90 Å². The van der Waals surface area contributed by atoms with Crippen molar-refractivity contribution in [1.29, 1.82) is 0 Å². The van der Waals surface area contributed by atoms with E-state index in [9.17, 15) is 14.7 Å². The number of fused-ring (bicyclic) bond motifs is 4. The number of aliphatic hydroxyl groups excluding tert-OH is 1. The SMILES string of the molecule is COc1ccc2c(c1)[C@]1(O[C@@H](CC(=O)N3Cc4ccccc4C[C@H]3CO)[C@H]([Si](C)(C)F)[C@H]1C)C(=O)N2Cc1ccc(N2C(=O)CCc3ccccc32)cc1. The second-order valence-corrected chi connectivity index (χ2v) is 19.4. The molecule has 4 aromatic carbocycles. The van der Waals surface area contributed by atoms with E-state index in [4.69, 9.17) is 9.47 Å². The van der Waals surface area contributed by atoms with Crippen LogP contribution in [0.4, 0.5) is 21.2 Å². The molecule has 5 atom stereocenters. The molecule has 8 rings (SSSR count). The molecule has 0 aliphatic carbocycles. The maximum atomic E-state index is 16.6. The number of carbonyl (C=O) groups is 3. The summed E-state index contributed by atoms with van der Waals surface area (Å²) in [6.07, 6.45) is 0.702. The highest BCUT2D eigenvalue weighted by Gasteiger charge is 2.67. The van der Waals surface area contributed by atoms with Crippen molar-refractivity contribution in [3.63, 3.8) is 0 Å². The molecule has 9 nitrogen and oxygen atoms in total. The summed E-state index contributed by atoms with van der Waals surface area (Å²) in [6, 6.07) is 28.5. The fourth-order valence-electron chi connectivity index (χ4n) is 9.49. The number of aryl methyl sites for hydroxylation is 1. The van der Waals surface area contributed by atoms with Crippen molar-refractivity contribution >= 4 is 43.2 Å². The molecule has 11 heteroatoms. The average molecular weight is 748 g/mol. The van der Waals surface area contributed by atoms with Gasteiger partial charge in [0.15, 0.2) is 5.60 Å². The molecular weight excluding hydrogens is 702 g/mol. The molecule has 0 saturated carbocycles. The summed E-state index contributed by atoms with van der Waals surface area (Å²) < 4.78 is 29.1. The molecule has 0 aromatic heterocycles. The minimum absolute atomic E-state index is 0.0345. The Balaban J connectivity index is 1.10. The van der Waals surface area contributed by atoms with Gasteiger partial charge < -0.3 is 28.5 Å². The van der Waals surface area contributed by atoms with Gasteiger partial charge in [0.1, 0.15) is 5.75 Å². The Morgan fingerprint density at radius 3 is 2.35 bits per heavy atom. The molecule has 4 aliphatic rings. The number of hydrogen-bond donors (Lipinski definition) is 1. The van der Waals surface area contributed by atoms with Gasteiger partial charge in [0, 0.05) is 35.7 Å². The van der Waals surface area contributed by atoms with Crippen LogP contribution in [0.15, 0.2) is 91.0 Å². The number of amides is 3. The first kappa shape index (κ1) is 36.1. The first-order valence-electron chi connectivity index (χ1n) is 18.8. The summed E-state index contributed by atoms with van der Waals surface area (Å²) in [5.41, 5.74) is 4.77. The summed E-state index contributed by atoms with van der Waals surface area (Å²) in [4.78, 5) is 47.4. The monoisotopic (exact) mass is 747 g/mol. The van der Waals surface area contributed by atoms with Crippen molar-refractivity contribution in [2.24, 2.45) is 5.92 Å². The third-order valence-electron chi connectivity index (χ3n) is 12.1. The van der Waals surface area contributed by atoms with Crippen LogP contribution in [0.5, 0.6) is 5.75 Å². The van der Waals surface area contributed by atoms with Gasteiger partial charge in [-0.2, -0.15) is 0 Å². The van der Waals surface area contributed by atoms with Crippen molar-refractivity contribution in [3.8, 4) is 5.75 Å². The van der Waals surface area contributed by atoms with E-state index < -0.39 is 37.6 Å². The second kappa shape index (κ2) is 13.8. The molecule has 280 valence electrons. The predicted molar refractivity (Wildman–Crippen MR) is 207 cm³/mol. The minimum atomic E-state index is -3.55. The predicted octanol–water partition coefficient (Wildman–Crippen LogP) is 6.96. The molecule has 4 heterocycles. The Hall–Kier alpha value is -4.84. The maximum absolute atomic E-state index is 16.6. The summed E-state index contributed by atoms with van der Waals surface area (Å²) in [7, 11) is -1.98. The van der Waals surface area contributed by atoms with Crippen molar-refractivity contribution in [2.75, 3.05) is 23.5 Å². The van der Waals surface area contributed by atoms with E-state index in [0.717, 1.165) is 33.6 Å². The third kappa shape index (κ3) is 5.93. The smallest absolute Gasteiger partial charge is 0.264 e. The number of ether oxygens (including phenoxy) is 2. The topological polar surface area (TPSA) is 99.6 Å². The molecule has 1 spiro atoms. The average Bonchev–Trinajstić information content (AvgIpc) is 3.59. The zero-order chi connectivity index (χ0) is 37.9. The van der Waals surface area contributed by atoms with E-state index in [1.54, 1.807) is 41.0 Å². The van der Waals surface area contributed by atoms with E-state index in [1.165, 1.54) is 0 Å². The lowest BCUT2D eigenvalue weighted by Crippen LogP contribution is -2.48. The van der Waals surface area contributed by atoms with Crippen molar-refractivity contribution in [3.05, 3.63) is 119 Å². The Morgan fingerprint density at radius 2 is 1.65 bits per heavy atom. The highest BCUT2D eigenvalue weighted by atomic mass is 28.4. The van der Waals surface area contributed by atoms with Crippen LogP contribution >= 0.6 is 0 Å². The van der Waals surface area contributed by atoms with E-state index in [2.05, 4.69) is 0 Å². The Labute approximate surface area is 316 Å². The molecule has 1 fully saturated rings. The van der Waals surface area contributed by atoms with Crippen LogP contribution in [0.2, 0.25) is 18.6 Å². The second-order valence-electron chi connectivity index (χ2n) is 15.6. The first-order chi connectivity index (χ1) is 25.9. The maximum Gasteiger partial charge on any atom is 0.264 e. The number of halogens is 1. The number of anilines is 3. The number of para-hydroxylation sites is 1. The molecule has 1 saturated heterocycles. The number of hydrogen-bond acceptors (Lipinski definition) is 6. The van der Waals surface area contributed by atoms with E-state index in [0.29, 0.717) is 42.8 Å². The molecule has 0 radical (unpaired) electrons. The van der Waals surface area contributed by atoms with E-state index >= 15 is 8.90 Å². The zero-order valence-corrected chi connectivity index (χ0v) is 32.1. The minimum Gasteiger partial charge on any atom is -0.497 e. The highest BCUT2D eigenvalue weighted by molar-refractivity contribution is 6.72. The van der Waals surface area contributed by atoms with Gasteiger partial charge in [-0.3, -0.25) is 19.3 Å². The van der Waals surface area contributed by atoms with Crippen LogP contribution in [0.3, 0.4) is 0 Å². The van der Waals surface area contributed by atoms with Crippen molar-refractivity contribution in [2.45, 2.75) is 82.1 Å². The fourth-order valence-corrected chi connectivity index (χ4v) is 12.0. The van der Waals surface area contributed by atoms with Gasteiger partial charge in [-0.25, -0.2) is 0 Å². The van der Waals surface area contributed by atoms with Crippen LogP contribution < -0.4 is 14.5 Å². The molecule has 3 amide bonds. The van der Waals surface area contributed by atoms with Gasteiger partial charge in [0.25, 0.3) is 5.91 Å². The lowest BCUT2D eigenvalue weighted by atomic mass is 9.82. The summed E-state index contributed by atoms with van der Waals surface area (Å²) in [5, 5.41) is 10.3. The number of aliphatic hydroxyl groups is 1. The van der Waals surface area contributed by atoms with Crippen LogP contribution in [-0.4, -0.2) is 62.0 Å². The molecule has 0 bridgehead atoms. The molecule has 4 aromatic rings. The molecule has 4 aliphatic heterocycles. The fraction of sp³-hybridized carbons (Fsp3) is 0.372. The first-order valence-corrected chi connectivity index (χ1v) is 21.7. The Morgan fingerprint density at radius 1 is 0.944 bits per heavy atom. The van der Waals surface area contributed by atoms with Crippen molar-refractivity contribution < 1.29 is 33.1 Å². The Bertz CT molecular complexity index is 2120. The van der Waals surface area contributed by atoms with Gasteiger partial charge in [0.05, 0.1) is 50.2 Å². The molecule has 1 N–H and O–H groups in total. The zero-order valence-electron chi connectivity index (χ0n) is 31.1. The van der Waals surface area contributed by atoms with Crippen LogP contribution in [0, 0.1) is 5.92 Å². The van der Waals surface area contributed by atoms with Gasteiger partial charge >= 0.3 is 0 Å². The quantitative estimate of drug-likeness (QED) is 0.155. The van der Waals surface area contributed by atoms with Crippen LogP contribution in [0.1, 0.15) is 47.6 Å². The standard InChI is InChI=1S/C43H46FN3O6Si/c1-27-41(54(3,4)44)38(23-40(50)45-25-31-11-6-5-10-30(31)21-33(45)26-48)53-43(27)35-22-34(52-2)18-19-37(35)46(42(43)51)24-28-13-16-32(17-14-28)47-36-12-8-7-9-29(36)15-20-39(47)49/h5-14,16-19,22,27,33,38,41,48H,15,20-21,23-26H2,1-4H3/t27-,33+,38+,41-,43+/m1/s1. The lowest BCUT2D eigenvalue weighted by Gasteiger charge is -2.37.